The van der Waals surface area contributed by atoms with Gasteiger partial charge in [0, 0.05) is 6.07 Å². The summed E-state index contributed by atoms with van der Waals surface area (Å²) in [6, 6.07) is 1.44. The average molecular weight is 239 g/mol. The van der Waals surface area contributed by atoms with Gasteiger partial charge in [-0.1, -0.05) is 0 Å². The van der Waals surface area contributed by atoms with E-state index in [9.17, 15) is 0 Å². The Balaban J connectivity index is 2.52. The number of fused-ring (bicyclic) bond motifs is 1. The van der Waals surface area contributed by atoms with Crippen molar-refractivity contribution in [1.29, 1.82) is 0 Å². The summed E-state index contributed by atoms with van der Waals surface area (Å²) < 4.78 is 11.1. The predicted molar refractivity (Wildman–Crippen MR) is 56.3 cm³/mol. The zero-order valence-corrected chi connectivity index (χ0v) is 8.94. The van der Waals surface area contributed by atoms with Crippen molar-refractivity contribution in [3.05, 3.63) is 18.1 Å². The van der Waals surface area contributed by atoms with E-state index in [1.165, 1.54) is 23.9 Å². The molecule has 0 bridgehead atoms. The van der Waals surface area contributed by atoms with Crippen LogP contribution in [0.25, 0.3) is 5.65 Å². The molecule has 9 heteroatoms. The summed E-state index contributed by atoms with van der Waals surface area (Å²) in [5.74, 6) is 0.721. The monoisotopic (exact) mass is 239 g/mol. The van der Waals surface area contributed by atoms with Crippen LogP contribution in [0.2, 0.25) is 0 Å². The minimum Gasteiger partial charge on any atom is -0.511 e. The Morgan fingerprint density at radius 1 is 1.47 bits per heavy atom. The smallest absolute Gasteiger partial charge is 0.511 e. The Hall–Kier alpha value is -1.84. The van der Waals surface area contributed by atoms with Gasteiger partial charge in [-0.15, -0.1) is 5.10 Å². The number of aliphatic hydroxyl groups is 1. The van der Waals surface area contributed by atoms with Crippen LogP contribution in [-0.2, 0) is 6.61 Å². The molecule has 0 aliphatic heterocycles. The van der Waals surface area contributed by atoms with E-state index in [-0.39, 0.29) is 18.2 Å². The first kappa shape index (κ1) is 11.6. The van der Waals surface area contributed by atoms with Crippen molar-refractivity contribution in [3.8, 4) is 11.5 Å². The van der Waals surface area contributed by atoms with Gasteiger partial charge in [-0.3, -0.25) is 0 Å². The van der Waals surface area contributed by atoms with Gasteiger partial charge in [0.25, 0.3) is 0 Å². The maximum Gasteiger partial charge on any atom is 0.707 e. The van der Waals surface area contributed by atoms with Gasteiger partial charge in [-0.2, -0.15) is 0 Å². The Labute approximate surface area is 96.2 Å². The molecule has 0 unspecified atom stereocenters. The Kier molecular flexibility index (Phi) is 3.13. The first-order valence-electron chi connectivity index (χ1n) is 4.71. The molecule has 0 aromatic carbocycles. The summed E-state index contributed by atoms with van der Waals surface area (Å²) in [5, 5.41) is 30.3. The van der Waals surface area contributed by atoms with Crippen molar-refractivity contribution >= 4 is 13.0 Å². The fraction of sp³-hybridized carbons (Fsp3) is 0.250. The summed E-state index contributed by atoms with van der Waals surface area (Å²) in [6.45, 7) is -0.302. The lowest BCUT2D eigenvalue weighted by Gasteiger charge is -2.07. The van der Waals surface area contributed by atoms with Crippen LogP contribution in [-0.4, -0.2) is 44.2 Å². The molecule has 90 valence electrons. The van der Waals surface area contributed by atoms with Gasteiger partial charge < -0.3 is 24.5 Å². The number of hydrogen-bond acceptors (Lipinski definition) is 7. The van der Waals surface area contributed by atoms with E-state index in [0.29, 0.717) is 11.4 Å². The van der Waals surface area contributed by atoms with Gasteiger partial charge in [-0.05, 0) is 0 Å². The molecule has 2 rings (SSSR count). The molecule has 8 nitrogen and oxygen atoms in total. The third kappa shape index (κ3) is 2.30. The van der Waals surface area contributed by atoms with Gasteiger partial charge in [0.15, 0.2) is 17.2 Å². The number of ether oxygens (including phenoxy) is 1. The molecule has 0 fully saturated rings. The van der Waals surface area contributed by atoms with Crippen LogP contribution in [0.15, 0.2) is 12.3 Å². The van der Waals surface area contributed by atoms with E-state index in [1.807, 2.05) is 0 Å². The van der Waals surface area contributed by atoms with E-state index in [1.54, 1.807) is 0 Å². The highest BCUT2D eigenvalue weighted by molar-refractivity contribution is 6.33. The van der Waals surface area contributed by atoms with E-state index in [2.05, 4.69) is 14.7 Å². The van der Waals surface area contributed by atoms with Crippen LogP contribution in [0.1, 0.15) is 5.82 Å². The first-order chi connectivity index (χ1) is 8.13. The normalized spacial score (nSPS) is 10.6. The number of rotatable bonds is 4. The third-order valence-corrected chi connectivity index (χ3v) is 2.02. The van der Waals surface area contributed by atoms with Crippen molar-refractivity contribution in [3.63, 3.8) is 0 Å². The molecule has 2 aromatic rings. The maximum absolute atomic E-state index is 8.93. The molecular formula is C8H10BN3O5. The van der Waals surface area contributed by atoms with Gasteiger partial charge in [-0.25, -0.2) is 9.50 Å². The highest BCUT2D eigenvalue weighted by atomic mass is 16.6. The molecule has 0 saturated carbocycles. The van der Waals surface area contributed by atoms with Gasteiger partial charge in [0.05, 0.1) is 13.3 Å². The molecule has 0 radical (unpaired) electrons. The maximum atomic E-state index is 8.93. The second kappa shape index (κ2) is 4.57. The van der Waals surface area contributed by atoms with Crippen molar-refractivity contribution in [2.45, 2.75) is 6.61 Å². The quantitative estimate of drug-likeness (QED) is 0.561. The molecule has 0 spiro atoms. The number of methoxy groups -OCH3 is 1. The second-order valence-corrected chi connectivity index (χ2v) is 3.14. The van der Waals surface area contributed by atoms with E-state index >= 15 is 0 Å². The fourth-order valence-electron chi connectivity index (χ4n) is 1.38. The summed E-state index contributed by atoms with van der Waals surface area (Å²) >= 11 is 0. The van der Waals surface area contributed by atoms with Gasteiger partial charge in [0.2, 0.25) is 0 Å². The molecule has 0 aliphatic rings. The zero-order chi connectivity index (χ0) is 12.4. The van der Waals surface area contributed by atoms with Crippen LogP contribution in [0, 0.1) is 0 Å². The molecular weight excluding hydrogens is 229 g/mol. The standard InChI is InChI=1S/C8H10BN3O5/c1-16-6-2-5(17-9(14)15)3-12-8(6)10-7(4-13)11-12/h2-3,13-15H,4H2,1H3. The molecule has 2 heterocycles. The van der Waals surface area contributed by atoms with Gasteiger partial charge in [0.1, 0.15) is 12.4 Å². The summed E-state index contributed by atoms with van der Waals surface area (Å²) in [7, 11) is -0.500. The van der Waals surface area contributed by atoms with Crippen molar-refractivity contribution in [2.24, 2.45) is 0 Å². The SMILES string of the molecule is COc1cc(OB(O)O)cn2nc(CO)nc12. The van der Waals surface area contributed by atoms with Crippen LogP contribution in [0.5, 0.6) is 11.5 Å². The first-order valence-corrected chi connectivity index (χ1v) is 4.71. The fourth-order valence-corrected chi connectivity index (χ4v) is 1.38. The van der Waals surface area contributed by atoms with Crippen molar-refractivity contribution in [1.82, 2.24) is 14.6 Å². The Morgan fingerprint density at radius 3 is 2.82 bits per heavy atom. The summed E-state index contributed by atoms with van der Waals surface area (Å²) in [4.78, 5) is 4.02. The van der Waals surface area contributed by atoms with E-state index < -0.39 is 7.32 Å². The molecule has 0 atom stereocenters. The lowest BCUT2D eigenvalue weighted by atomic mass is 10.2. The van der Waals surface area contributed by atoms with E-state index in [4.69, 9.17) is 19.9 Å². The van der Waals surface area contributed by atoms with Crippen molar-refractivity contribution < 1.29 is 24.5 Å². The van der Waals surface area contributed by atoms with Gasteiger partial charge >= 0.3 is 7.32 Å². The Morgan fingerprint density at radius 2 is 2.24 bits per heavy atom. The lowest BCUT2D eigenvalue weighted by Crippen LogP contribution is -2.20. The number of nitrogens with zero attached hydrogens (tertiary/aromatic N) is 3. The number of aromatic nitrogens is 3. The van der Waals surface area contributed by atoms with Crippen LogP contribution in [0.3, 0.4) is 0 Å². The highest BCUT2D eigenvalue weighted by Gasteiger charge is 2.15. The van der Waals surface area contributed by atoms with Crippen molar-refractivity contribution in [2.75, 3.05) is 7.11 Å². The molecule has 0 saturated heterocycles. The predicted octanol–water partition coefficient (Wildman–Crippen LogP) is -1.42. The second-order valence-electron chi connectivity index (χ2n) is 3.14. The Bertz CT molecular complexity index is 529. The van der Waals surface area contributed by atoms with E-state index in [0.717, 1.165) is 0 Å². The highest BCUT2D eigenvalue weighted by Crippen LogP contribution is 2.24. The van der Waals surface area contributed by atoms with Crippen LogP contribution < -0.4 is 9.39 Å². The largest absolute Gasteiger partial charge is 0.707 e. The van der Waals surface area contributed by atoms with Crippen LogP contribution in [0.4, 0.5) is 0 Å². The molecule has 0 aliphatic carbocycles. The molecule has 3 N–H and O–H groups in total. The number of aliphatic hydroxyl groups excluding tert-OH is 1. The third-order valence-electron chi connectivity index (χ3n) is 2.02. The minimum atomic E-state index is -1.93. The molecule has 17 heavy (non-hydrogen) atoms. The number of pyridine rings is 1. The summed E-state index contributed by atoms with van der Waals surface area (Å²) in [6.07, 6.45) is 1.39. The lowest BCUT2D eigenvalue weighted by molar-refractivity contribution is 0.271. The average Bonchev–Trinajstić information content (AvgIpc) is 2.69. The number of hydrogen-bond donors (Lipinski definition) is 3. The summed E-state index contributed by atoms with van der Waals surface area (Å²) in [5.41, 5.74) is 0.399. The topological polar surface area (TPSA) is 109 Å². The molecule has 0 amide bonds. The molecule has 2 aromatic heterocycles. The van der Waals surface area contributed by atoms with Crippen LogP contribution >= 0.6 is 0 Å². The zero-order valence-electron chi connectivity index (χ0n) is 8.94. The minimum absolute atomic E-state index is 0.152.